The average molecular weight is 297 g/mol. The average Bonchev–Trinajstić information content (AvgIpc) is 2.53. The number of piperidine rings is 1. The van der Waals surface area contributed by atoms with Gasteiger partial charge in [0.15, 0.2) is 0 Å². The van der Waals surface area contributed by atoms with Gasteiger partial charge in [-0.25, -0.2) is 0 Å². The summed E-state index contributed by atoms with van der Waals surface area (Å²) in [6.07, 6.45) is 1.02. The number of aromatic nitrogens is 1. The van der Waals surface area contributed by atoms with Crippen LogP contribution in [0.4, 0.5) is 0 Å². The Morgan fingerprint density at radius 2 is 2.18 bits per heavy atom. The van der Waals surface area contributed by atoms with Gasteiger partial charge >= 0.3 is 0 Å². The highest BCUT2D eigenvalue weighted by atomic mass is 16.2. The molecule has 0 radical (unpaired) electrons. The van der Waals surface area contributed by atoms with Gasteiger partial charge in [0.05, 0.1) is 11.1 Å². The van der Waals surface area contributed by atoms with Gasteiger partial charge in [0.1, 0.15) is 0 Å². The molecule has 0 saturated carbocycles. The van der Waals surface area contributed by atoms with Crippen LogP contribution in [0.25, 0.3) is 10.9 Å². The molecule has 1 aromatic carbocycles. The molecular formula is C18H23N3O. The van der Waals surface area contributed by atoms with E-state index in [1.807, 2.05) is 42.2 Å². The lowest BCUT2D eigenvalue weighted by atomic mass is 9.87. The number of fused-ring (bicyclic) bond motifs is 1. The van der Waals surface area contributed by atoms with E-state index in [4.69, 9.17) is 5.73 Å². The van der Waals surface area contributed by atoms with E-state index < -0.39 is 0 Å². The predicted octanol–water partition coefficient (Wildman–Crippen LogP) is 2.60. The van der Waals surface area contributed by atoms with Gasteiger partial charge in [-0.3, -0.25) is 9.78 Å². The third kappa shape index (κ3) is 2.71. The maximum Gasteiger partial charge on any atom is 0.254 e. The number of nitrogens with two attached hydrogens (primary N) is 1. The number of para-hydroxylation sites is 1. The Bertz CT molecular complexity index is 698. The predicted molar refractivity (Wildman–Crippen MR) is 88.7 cm³/mol. The summed E-state index contributed by atoms with van der Waals surface area (Å²) in [4.78, 5) is 19.5. The van der Waals surface area contributed by atoms with E-state index >= 15 is 0 Å². The van der Waals surface area contributed by atoms with Crippen LogP contribution in [0.3, 0.4) is 0 Å². The minimum Gasteiger partial charge on any atom is -0.338 e. The summed E-state index contributed by atoms with van der Waals surface area (Å²) < 4.78 is 0. The topological polar surface area (TPSA) is 59.2 Å². The minimum atomic E-state index is 0.104. The monoisotopic (exact) mass is 297 g/mol. The summed E-state index contributed by atoms with van der Waals surface area (Å²) in [7, 11) is 0. The lowest BCUT2D eigenvalue weighted by Crippen LogP contribution is -2.45. The number of hydrogen-bond acceptors (Lipinski definition) is 3. The van der Waals surface area contributed by atoms with Gasteiger partial charge in [-0.15, -0.1) is 0 Å². The van der Waals surface area contributed by atoms with E-state index in [-0.39, 0.29) is 5.91 Å². The second-order valence-electron chi connectivity index (χ2n) is 6.34. The molecule has 22 heavy (non-hydrogen) atoms. The zero-order chi connectivity index (χ0) is 15.7. The standard InChI is InChI=1S/C18H23N3O/c1-12-7-8-21(11-14(12)10-19)18(22)16-9-13(2)20-17-6-4-3-5-15(16)17/h3-6,9,12,14H,7-8,10-11,19H2,1-2H3. The molecular weight excluding hydrogens is 274 g/mol. The summed E-state index contributed by atoms with van der Waals surface area (Å²) in [5.74, 6) is 1.09. The molecule has 1 fully saturated rings. The number of amides is 1. The van der Waals surface area contributed by atoms with Crippen LogP contribution >= 0.6 is 0 Å². The van der Waals surface area contributed by atoms with Gasteiger partial charge in [-0.2, -0.15) is 0 Å². The van der Waals surface area contributed by atoms with Crippen molar-refractivity contribution in [3.05, 3.63) is 41.6 Å². The summed E-state index contributed by atoms with van der Waals surface area (Å²) in [6, 6.07) is 9.75. The molecule has 4 heteroatoms. The van der Waals surface area contributed by atoms with Crippen molar-refractivity contribution >= 4 is 16.8 Å². The first kappa shape index (κ1) is 15.0. The molecule has 2 aromatic rings. The number of hydrogen-bond donors (Lipinski definition) is 1. The molecule has 0 aliphatic carbocycles. The molecule has 0 spiro atoms. The quantitative estimate of drug-likeness (QED) is 0.927. The minimum absolute atomic E-state index is 0.104. The van der Waals surface area contributed by atoms with Crippen molar-refractivity contribution in [1.82, 2.24) is 9.88 Å². The second kappa shape index (κ2) is 6.05. The maximum atomic E-state index is 13.0. The van der Waals surface area contributed by atoms with Crippen LogP contribution in [0.5, 0.6) is 0 Å². The molecule has 116 valence electrons. The summed E-state index contributed by atoms with van der Waals surface area (Å²) >= 11 is 0. The Morgan fingerprint density at radius 3 is 2.95 bits per heavy atom. The third-order valence-corrected chi connectivity index (χ3v) is 4.78. The number of benzene rings is 1. The number of rotatable bonds is 2. The lowest BCUT2D eigenvalue weighted by Gasteiger charge is -2.36. The van der Waals surface area contributed by atoms with Crippen molar-refractivity contribution in [3.8, 4) is 0 Å². The molecule has 3 rings (SSSR count). The van der Waals surface area contributed by atoms with Crippen LogP contribution in [0.15, 0.2) is 30.3 Å². The second-order valence-corrected chi connectivity index (χ2v) is 6.34. The molecule has 2 atom stereocenters. The summed E-state index contributed by atoms with van der Waals surface area (Å²) in [6.45, 7) is 6.37. The lowest BCUT2D eigenvalue weighted by molar-refractivity contribution is 0.0620. The van der Waals surface area contributed by atoms with Crippen LogP contribution < -0.4 is 5.73 Å². The van der Waals surface area contributed by atoms with E-state index in [1.165, 1.54) is 0 Å². The van der Waals surface area contributed by atoms with Crippen LogP contribution in [0, 0.1) is 18.8 Å². The van der Waals surface area contributed by atoms with Gasteiger partial charge < -0.3 is 10.6 Å². The van der Waals surface area contributed by atoms with Crippen molar-refractivity contribution in [3.63, 3.8) is 0 Å². The fraction of sp³-hybridized carbons (Fsp3) is 0.444. The molecule has 4 nitrogen and oxygen atoms in total. The fourth-order valence-electron chi connectivity index (χ4n) is 3.30. The highest BCUT2D eigenvalue weighted by Crippen LogP contribution is 2.26. The van der Waals surface area contributed by atoms with Crippen molar-refractivity contribution in [1.29, 1.82) is 0 Å². The van der Waals surface area contributed by atoms with Crippen molar-refractivity contribution in [2.75, 3.05) is 19.6 Å². The Balaban J connectivity index is 1.95. The van der Waals surface area contributed by atoms with E-state index in [0.717, 1.165) is 41.7 Å². The number of pyridine rings is 1. The normalized spacial score (nSPS) is 22.0. The summed E-state index contributed by atoms with van der Waals surface area (Å²) in [5.41, 5.74) is 8.38. The Labute approximate surface area is 131 Å². The van der Waals surface area contributed by atoms with Gasteiger partial charge in [-0.05, 0) is 43.9 Å². The SMILES string of the molecule is Cc1cc(C(=O)N2CCC(C)C(CN)C2)c2ccccc2n1. The number of likely N-dealkylation sites (tertiary alicyclic amines) is 1. The van der Waals surface area contributed by atoms with Crippen molar-refractivity contribution in [2.45, 2.75) is 20.3 Å². The van der Waals surface area contributed by atoms with Crippen molar-refractivity contribution in [2.24, 2.45) is 17.6 Å². The molecule has 1 aliphatic rings. The third-order valence-electron chi connectivity index (χ3n) is 4.78. The van der Waals surface area contributed by atoms with E-state index in [9.17, 15) is 4.79 Å². The van der Waals surface area contributed by atoms with E-state index in [2.05, 4.69) is 11.9 Å². The first-order valence-corrected chi connectivity index (χ1v) is 7.96. The number of carbonyl (C=O) groups excluding carboxylic acids is 1. The Kier molecular flexibility index (Phi) is 4.12. The van der Waals surface area contributed by atoms with Crippen LogP contribution in [-0.2, 0) is 0 Å². The molecule has 0 bridgehead atoms. The largest absolute Gasteiger partial charge is 0.338 e. The first-order valence-electron chi connectivity index (χ1n) is 7.96. The molecule has 2 N–H and O–H groups in total. The zero-order valence-electron chi connectivity index (χ0n) is 13.2. The van der Waals surface area contributed by atoms with Gasteiger partial charge in [0, 0.05) is 24.2 Å². The first-order chi connectivity index (χ1) is 10.6. The van der Waals surface area contributed by atoms with E-state index in [0.29, 0.717) is 18.4 Å². The smallest absolute Gasteiger partial charge is 0.254 e. The fourth-order valence-corrected chi connectivity index (χ4v) is 3.30. The molecule has 1 saturated heterocycles. The number of nitrogens with zero attached hydrogens (tertiary/aromatic N) is 2. The zero-order valence-corrected chi connectivity index (χ0v) is 13.2. The maximum absolute atomic E-state index is 13.0. The highest BCUT2D eigenvalue weighted by molar-refractivity contribution is 6.06. The molecule has 1 aliphatic heterocycles. The van der Waals surface area contributed by atoms with Crippen LogP contribution in [0.2, 0.25) is 0 Å². The summed E-state index contributed by atoms with van der Waals surface area (Å²) in [5, 5.41) is 0.932. The Morgan fingerprint density at radius 1 is 1.41 bits per heavy atom. The van der Waals surface area contributed by atoms with Crippen LogP contribution in [-0.4, -0.2) is 35.4 Å². The van der Waals surface area contributed by atoms with Crippen LogP contribution in [0.1, 0.15) is 29.4 Å². The number of aryl methyl sites for hydroxylation is 1. The van der Waals surface area contributed by atoms with E-state index in [1.54, 1.807) is 0 Å². The molecule has 1 amide bonds. The molecule has 2 unspecified atom stereocenters. The molecule has 1 aromatic heterocycles. The van der Waals surface area contributed by atoms with Gasteiger partial charge in [0.2, 0.25) is 0 Å². The van der Waals surface area contributed by atoms with Gasteiger partial charge in [0.25, 0.3) is 5.91 Å². The van der Waals surface area contributed by atoms with Gasteiger partial charge in [-0.1, -0.05) is 25.1 Å². The molecule has 2 heterocycles. The number of carbonyl (C=O) groups is 1. The Hall–Kier alpha value is -1.94. The van der Waals surface area contributed by atoms with Crippen molar-refractivity contribution < 1.29 is 4.79 Å². The highest BCUT2D eigenvalue weighted by Gasteiger charge is 2.29.